The molecule has 0 radical (unpaired) electrons. The van der Waals surface area contributed by atoms with Gasteiger partial charge in [-0.25, -0.2) is 4.79 Å². The average Bonchev–Trinajstić information content (AvgIpc) is 2.43. The number of benzene rings is 1. The highest BCUT2D eigenvalue weighted by Gasteiger charge is 2.09. The fraction of sp³-hybridized carbons (Fsp3) is 0.300. The molecule has 1 aromatic carbocycles. The zero-order valence-corrected chi connectivity index (χ0v) is 9.28. The monoisotopic (exact) mass is 226 g/mol. The van der Waals surface area contributed by atoms with Crippen LogP contribution in [0.2, 0.25) is 5.02 Å². The first-order valence-corrected chi connectivity index (χ1v) is 4.89. The van der Waals surface area contributed by atoms with Crippen molar-refractivity contribution >= 4 is 22.7 Å². The predicted octanol–water partition coefficient (Wildman–Crippen LogP) is 1.77. The first-order chi connectivity index (χ1) is 7.08. The van der Waals surface area contributed by atoms with Crippen molar-refractivity contribution in [3.63, 3.8) is 0 Å². The summed E-state index contributed by atoms with van der Waals surface area (Å²) in [6.07, 6.45) is 0. The molecule has 0 bridgehead atoms. The molecule has 0 fully saturated rings. The first kappa shape index (κ1) is 10.3. The molecular formula is C10H11ClN2O2. The molecule has 5 heteroatoms. The van der Waals surface area contributed by atoms with Crippen molar-refractivity contribution in [1.29, 1.82) is 0 Å². The summed E-state index contributed by atoms with van der Waals surface area (Å²) < 4.78 is 6.62. The molecule has 0 aliphatic rings. The standard InChI is InChI=1S/C10H11ClN2O2/c1-12(2)6-13-8-5-7(11)3-4-9(8)15-10(13)14/h3-5H,6H2,1-2H3. The van der Waals surface area contributed by atoms with E-state index in [1.807, 2.05) is 19.0 Å². The molecule has 0 saturated heterocycles. The van der Waals surface area contributed by atoms with Crippen molar-refractivity contribution in [2.45, 2.75) is 6.67 Å². The minimum Gasteiger partial charge on any atom is -0.408 e. The second-order valence-electron chi connectivity index (χ2n) is 3.63. The van der Waals surface area contributed by atoms with Crippen molar-refractivity contribution in [3.05, 3.63) is 33.8 Å². The lowest BCUT2D eigenvalue weighted by Crippen LogP contribution is -2.24. The van der Waals surface area contributed by atoms with Crippen molar-refractivity contribution in [2.75, 3.05) is 14.1 Å². The Balaban J connectivity index is 2.65. The number of nitrogens with zero attached hydrogens (tertiary/aromatic N) is 2. The summed E-state index contributed by atoms with van der Waals surface area (Å²) in [5, 5.41) is 0.593. The molecule has 0 spiro atoms. The summed E-state index contributed by atoms with van der Waals surface area (Å²) >= 11 is 5.87. The van der Waals surface area contributed by atoms with Crippen LogP contribution in [-0.4, -0.2) is 23.6 Å². The van der Waals surface area contributed by atoms with Gasteiger partial charge in [-0.05, 0) is 32.3 Å². The number of oxazole rings is 1. The van der Waals surface area contributed by atoms with Gasteiger partial charge in [0.05, 0.1) is 12.2 Å². The zero-order valence-electron chi connectivity index (χ0n) is 8.53. The van der Waals surface area contributed by atoms with E-state index in [0.717, 1.165) is 5.52 Å². The molecule has 1 aromatic heterocycles. The summed E-state index contributed by atoms with van der Waals surface area (Å²) in [7, 11) is 3.77. The Labute approximate surface area is 91.7 Å². The Morgan fingerprint density at radius 2 is 2.20 bits per heavy atom. The number of hydrogen-bond donors (Lipinski definition) is 0. The Bertz CT molecular complexity index is 542. The molecule has 0 unspecified atom stereocenters. The molecule has 15 heavy (non-hydrogen) atoms. The first-order valence-electron chi connectivity index (χ1n) is 4.51. The van der Waals surface area contributed by atoms with Crippen LogP contribution in [0.3, 0.4) is 0 Å². The topological polar surface area (TPSA) is 38.4 Å². The highest BCUT2D eigenvalue weighted by Crippen LogP contribution is 2.18. The largest absolute Gasteiger partial charge is 0.421 e. The molecule has 0 atom stereocenters. The van der Waals surface area contributed by atoms with E-state index in [9.17, 15) is 4.79 Å². The predicted molar refractivity (Wildman–Crippen MR) is 59.2 cm³/mol. The molecule has 0 saturated carbocycles. The second kappa shape index (κ2) is 3.72. The Morgan fingerprint density at radius 3 is 2.87 bits per heavy atom. The van der Waals surface area contributed by atoms with Gasteiger partial charge < -0.3 is 4.42 Å². The fourth-order valence-corrected chi connectivity index (χ4v) is 1.62. The summed E-state index contributed by atoms with van der Waals surface area (Å²) in [6, 6.07) is 5.13. The van der Waals surface area contributed by atoms with Crippen LogP contribution in [0.1, 0.15) is 0 Å². The molecule has 4 nitrogen and oxygen atoms in total. The normalized spacial score (nSPS) is 11.5. The highest BCUT2D eigenvalue weighted by atomic mass is 35.5. The molecule has 80 valence electrons. The van der Waals surface area contributed by atoms with Crippen LogP contribution in [0.25, 0.3) is 11.1 Å². The molecule has 0 aliphatic carbocycles. The molecule has 1 heterocycles. The summed E-state index contributed by atoms with van der Waals surface area (Å²) in [4.78, 5) is 13.4. The minimum atomic E-state index is -0.360. The van der Waals surface area contributed by atoms with Gasteiger partial charge in [0.1, 0.15) is 0 Å². The van der Waals surface area contributed by atoms with E-state index in [2.05, 4.69) is 0 Å². The minimum absolute atomic E-state index is 0.360. The SMILES string of the molecule is CN(C)Cn1c(=O)oc2ccc(Cl)cc21. The number of rotatable bonds is 2. The van der Waals surface area contributed by atoms with Gasteiger partial charge in [0.15, 0.2) is 5.58 Å². The maximum Gasteiger partial charge on any atom is 0.421 e. The lowest BCUT2D eigenvalue weighted by atomic mass is 10.3. The van der Waals surface area contributed by atoms with E-state index < -0.39 is 0 Å². The van der Waals surface area contributed by atoms with Gasteiger partial charge in [-0.2, -0.15) is 0 Å². The summed E-state index contributed by atoms with van der Waals surface area (Å²) in [6.45, 7) is 0.478. The van der Waals surface area contributed by atoms with Crippen molar-refractivity contribution in [1.82, 2.24) is 9.47 Å². The van der Waals surface area contributed by atoms with Crippen molar-refractivity contribution in [2.24, 2.45) is 0 Å². The number of hydrogen-bond acceptors (Lipinski definition) is 3. The van der Waals surface area contributed by atoms with Crippen LogP contribution in [0.5, 0.6) is 0 Å². The smallest absolute Gasteiger partial charge is 0.408 e. The van der Waals surface area contributed by atoms with Gasteiger partial charge in [0, 0.05) is 5.02 Å². The third-order valence-electron chi connectivity index (χ3n) is 2.05. The van der Waals surface area contributed by atoms with Gasteiger partial charge in [-0.3, -0.25) is 9.47 Å². The lowest BCUT2D eigenvalue weighted by Gasteiger charge is -2.09. The van der Waals surface area contributed by atoms with Gasteiger partial charge >= 0.3 is 5.76 Å². The average molecular weight is 227 g/mol. The fourth-order valence-electron chi connectivity index (χ4n) is 1.45. The third-order valence-corrected chi connectivity index (χ3v) is 2.29. The number of halogens is 1. The maximum absolute atomic E-state index is 11.5. The van der Waals surface area contributed by atoms with Crippen molar-refractivity contribution in [3.8, 4) is 0 Å². The molecular weight excluding hydrogens is 216 g/mol. The zero-order chi connectivity index (χ0) is 11.0. The number of aromatic nitrogens is 1. The molecule has 0 aliphatic heterocycles. The van der Waals surface area contributed by atoms with E-state index in [1.165, 1.54) is 0 Å². The Morgan fingerprint density at radius 1 is 1.47 bits per heavy atom. The van der Waals surface area contributed by atoms with E-state index in [-0.39, 0.29) is 5.76 Å². The van der Waals surface area contributed by atoms with E-state index in [1.54, 1.807) is 22.8 Å². The number of fused-ring (bicyclic) bond motifs is 1. The van der Waals surface area contributed by atoms with E-state index in [0.29, 0.717) is 17.3 Å². The Hall–Kier alpha value is -1.26. The van der Waals surface area contributed by atoms with Gasteiger partial charge in [0.25, 0.3) is 0 Å². The van der Waals surface area contributed by atoms with Crippen LogP contribution in [0.4, 0.5) is 0 Å². The van der Waals surface area contributed by atoms with Gasteiger partial charge in [0.2, 0.25) is 0 Å². The molecule has 0 amide bonds. The van der Waals surface area contributed by atoms with Crippen LogP contribution in [0.15, 0.2) is 27.4 Å². The lowest BCUT2D eigenvalue weighted by molar-refractivity contribution is 0.314. The quantitative estimate of drug-likeness (QED) is 0.783. The van der Waals surface area contributed by atoms with Crippen molar-refractivity contribution < 1.29 is 4.42 Å². The van der Waals surface area contributed by atoms with Crippen LogP contribution >= 0.6 is 11.6 Å². The van der Waals surface area contributed by atoms with E-state index >= 15 is 0 Å². The van der Waals surface area contributed by atoms with Crippen LogP contribution < -0.4 is 5.76 Å². The maximum atomic E-state index is 11.5. The summed E-state index contributed by atoms with van der Waals surface area (Å²) in [5.41, 5.74) is 1.28. The molecule has 2 aromatic rings. The second-order valence-corrected chi connectivity index (χ2v) is 4.07. The molecule has 0 N–H and O–H groups in total. The highest BCUT2D eigenvalue weighted by molar-refractivity contribution is 6.31. The summed E-state index contributed by atoms with van der Waals surface area (Å²) in [5.74, 6) is -0.360. The van der Waals surface area contributed by atoms with Gasteiger partial charge in [-0.15, -0.1) is 0 Å². The van der Waals surface area contributed by atoms with Crippen LogP contribution in [0, 0.1) is 0 Å². The molecule has 2 rings (SSSR count). The van der Waals surface area contributed by atoms with Gasteiger partial charge in [-0.1, -0.05) is 11.6 Å². The van der Waals surface area contributed by atoms with Crippen LogP contribution in [-0.2, 0) is 6.67 Å². The Kier molecular flexibility index (Phi) is 2.54. The van der Waals surface area contributed by atoms with E-state index in [4.69, 9.17) is 16.0 Å². The third kappa shape index (κ3) is 1.91.